The predicted octanol–water partition coefficient (Wildman–Crippen LogP) is 3.80. The van der Waals surface area contributed by atoms with Crippen LogP contribution < -0.4 is 10.6 Å². The number of aliphatic imine (C=N–C) groups is 1. The maximum Gasteiger partial charge on any atom is 0.191 e. The van der Waals surface area contributed by atoms with Crippen molar-refractivity contribution in [1.29, 1.82) is 0 Å². The Hall–Kier alpha value is -2.04. The lowest BCUT2D eigenvalue weighted by Gasteiger charge is -2.38. The van der Waals surface area contributed by atoms with Crippen LogP contribution in [0, 0.1) is 0 Å². The molecule has 1 fully saturated rings. The molecule has 3 rings (SSSR count). The second-order valence-electron chi connectivity index (χ2n) is 6.99. The van der Waals surface area contributed by atoms with Crippen LogP contribution in [-0.4, -0.2) is 39.3 Å². The summed E-state index contributed by atoms with van der Waals surface area (Å²) < 4.78 is 5.62. The lowest BCUT2D eigenvalue weighted by Crippen LogP contribution is -2.48. The average molecular weight is 386 g/mol. The second-order valence-corrected chi connectivity index (χ2v) is 7.43. The van der Waals surface area contributed by atoms with Crippen molar-refractivity contribution in [2.75, 3.05) is 33.4 Å². The summed E-state index contributed by atoms with van der Waals surface area (Å²) in [5, 5.41) is 7.72. The van der Waals surface area contributed by atoms with E-state index in [0.29, 0.717) is 0 Å². The van der Waals surface area contributed by atoms with Gasteiger partial charge in [0.15, 0.2) is 5.96 Å². The Bertz CT molecular complexity index is 742. The third-order valence-corrected chi connectivity index (χ3v) is 5.48. The molecule has 2 N–H and O–H groups in total. The molecule has 0 spiro atoms. The molecule has 4 nitrogen and oxygen atoms in total. The van der Waals surface area contributed by atoms with E-state index in [1.54, 1.807) is 0 Å². The molecule has 0 unspecified atom stereocenters. The summed E-state index contributed by atoms with van der Waals surface area (Å²) in [7, 11) is 1.81. The Kier molecular flexibility index (Phi) is 7.13. The smallest absolute Gasteiger partial charge is 0.191 e. The first-order chi connectivity index (χ1) is 13.2. The van der Waals surface area contributed by atoms with Gasteiger partial charge < -0.3 is 15.4 Å². The minimum absolute atomic E-state index is 0.0874. The molecule has 1 heterocycles. The van der Waals surface area contributed by atoms with Crippen molar-refractivity contribution in [2.24, 2.45) is 4.99 Å². The van der Waals surface area contributed by atoms with E-state index in [2.05, 4.69) is 52.0 Å². The van der Waals surface area contributed by atoms with Crippen molar-refractivity contribution in [3.63, 3.8) is 0 Å². The quantitative estimate of drug-likeness (QED) is 0.587. The summed E-state index contributed by atoms with van der Waals surface area (Å²) in [5.41, 5.74) is 2.68. The van der Waals surface area contributed by atoms with Gasteiger partial charge in [0.25, 0.3) is 0 Å². The third kappa shape index (κ3) is 5.47. The molecule has 1 aliphatic rings. The summed E-state index contributed by atoms with van der Waals surface area (Å²) in [4.78, 5) is 4.38. The van der Waals surface area contributed by atoms with E-state index in [9.17, 15) is 0 Å². The van der Waals surface area contributed by atoms with Gasteiger partial charge in [-0.1, -0.05) is 54.1 Å². The van der Waals surface area contributed by atoms with Gasteiger partial charge in [0.2, 0.25) is 0 Å². The van der Waals surface area contributed by atoms with Crippen LogP contribution in [0.1, 0.15) is 24.0 Å². The van der Waals surface area contributed by atoms with E-state index in [0.717, 1.165) is 56.5 Å². The molecular formula is C22H28ClN3O. The van der Waals surface area contributed by atoms with Crippen LogP contribution in [0.25, 0.3) is 0 Å². The van der Waals surface area contributed by atoms with Crippen molar-refractivity contribution in [3.8, 4) is 0 Å². The Balaban J connectivity index is 1.57. The highest BCUT2D eigenvalue weighted by molar-refractivity contribution is 6.30. The van der Waals surface area contributed by atoms with Gasteiger partial charge in [-0.3, -0.25) is 4.99 Å². The maximum absolute atomic E-state index is 6.06. The molecule has 0 saturated carbocycles. The molecule has 0 atom stereocenters. The first kappa shape index (κ1) is 19.7. The van der Waals surface area contributed by atoms with Crippen LogP contribution in [0.5, 0.6) is 0 Å². The number of hydrogen-bond donors (Lipinski definition) is 2. The number of ether oxygens (including phenoxy) is 1. The van der Waals surface area contributed by atoms with Crippen molar-refractivity contribution in [3.05, 3.63) is 70.7 Å². The van der Waals surface area contributed by atoms with E-state index in [-0.39, 0.29) is 5.41 Å². The molecule has 2 aromatic carbocycles. The topological polar surface area (TPSA) is 45.7 Å². The molecule has 2 aromatic rings. The number of hydrogen-bond acceptors (Lipinski definition) is 2. The zero-order valence-corrected chi connectivity index (χ0v) is 16.6. The van der Waals surface area contributed by atoms with E-state index in [4.69, 9.17) is 16.3 Å². The standard InChI is InChI=1S/C22H28ClN3O/c1-24-21(25-13-10-18-6-5-9-20(23)16-18)26-17-22(11-14-27-15-12-22)19-7-3-2-4-8-19/h2-9,16H,10-15,17H2,1H3,(H2,24,25,26). The molecule has 1 saturated heterocycles. The van der Waals surface area contributed by atoms with Gasteiger partial charge in [-0.15, -0.1) is 0 Å². The molecule has 0 amide bonds. The van der Waals surface area contributed by atoms with E-state index < -0.39 is 0 Å². The van der Waals surface area contributed by atoms with Crippen LogP contribution >= 0.6 is 11.6 Å². The highest BCUT2D eigenvalue weighted by atomic mass is 35.5. The first-order valence-electron chi connectivity index (χ1n) is 9.54. The van der Waals surface area contributed by atoms with Gasteiger partial charge in [0.1, 0.15) is 0 Å². The molecule has 144 valence electrons. The Morgan fingerprint density at radius 3 is 2.56 bits per heavy atom. The molecule has 0 aromatic heterocycles. The number of halogens is 1. The first-order valence-corrected chi connectivity index (χ1v) is 9.92. The number of guanidine groups is 1. The molecule has 0 aliphatic carbocycles. The van der Waals surface area contributed by atoms with Crippen LogP contribution in [0.15, 0.2) is 59.6 Å². The molecule has 27 heavy (non-hydrogen) atoms. The highest BCUT2D eigenvalue weighted by Gasteiger charge is 2.34. The Morgan fingerprint density at radius 1 is 1.07 bits per heavy atom. The van der Waals surface area contributed by atoms with Crippen LogP contribution in [0.2, 0.25) is 5.02 Å². The fraction of sp³-hybridized carbons (Fsp3) is 0.409. The summed E-state index contributed by atoms with van der Waals surface area (Å²) in [6.07, 6.45) is 2.94. The lowest BCUT2D eigenvalue weighted by molar-refractivity contribution is 0.0514. The van der Waals surface area contributed by atoms with Crippen LogP contribution in [0.3, 0.4) is 0 Å². The van der Waals surface area contributed by atoms with E-state index in [1.165, 1.54) is 11.1 Å². The predicted molar refractivity (Wildman–Crippen MR) is 113 cm³/mol. The average Bonchev–Trinajstić information content (AvgIpc) is 2.72. The minimum Gasteiger partial charge on any atom is -0.381 e. The number of benzene rings is 2. The Labute approximate surface area is 167 Å². The molecular weight excluding hydrogens is 358 g/mol. The summed E-state index contributed by atoms with van der Waals surface area (Å²) in [6, 6.07) is 18.7. The monoisotopic (exact) mass is 385 g/mol. The van der Waals surface area contributed by atoms with Gasteiger partial charge in [0, 0.05) is 43.8 Å². The second kappa shape index (κ2) is 9.77. The van der Waals surface area contributed by atoms with Gasteiger partial charge in [-0.05, 0) is 42.5 Å². The fourth-order valence-electron chi connectivity index (χ4n) is 3.61. The Morgan fingerprint density at radius 2 is 1.85 bits per heavy atom. The van der Waals surface area contributed by atoms with E-state index >= 15 is 0 Å². The highest BCUT2D eigenvalue weighted by Crippen LogP contribution is 2.34. The number of nitrogens with one attached hydrogen (secondary N) is 2. The molecule has 0 radical (unpaired) electrons. The fourth-order valence-corrected chi connectivity index (χ4v) is 3.83. The zero-order valence-electron chi connectivity index (χ0n) is 15.9. The van der Waals surface area contributed by atoms with Crippen molar-refractivity contribution >= 4 is 17.6 Å². The molecule has 1 aliphatic heterocycles. The summed E-state index contributed by atoms with van der Waals surface area (Å²) >= 11 is 6.06. The van der Waals surface area contributed by atoms with E-state index in [1.807, 2.05) is 25.2 Å². The summed E-state index contributed by atoms with van der Waals surface area (Å²) in [5.74, 6) is 0.832. The van der Waals surface area contributed by atoms with Crippen molar-refractivity contribution in [1.82, 2.24) is 10.6 Å². The number of rotatable bonds is 6. The van der Waals surface area contributed by atoms with Crippen LogP contribution in [0.4, 0.5) is 0 Å². The lowest BCUT2D eigenvalue weighted by atomic mass is 9.74. The van der Waals surface area contributed by atoms with Gasteiger partial charge in [-0.2, -0.15) is 0 Å². The normalized spacial score (nSPS) is 16.7. The van der Waals surface area contributed by atoms with Crippen molar-refractivity contribution < 1.29 is 4.74 Å². The third-order valence-electron chi connectivity index (χ3n) is 5.25. The largest absolute Gasteiger partial charge is 0.381 e. The molecule has 0 bridgehead atoms. The van der Waals surface area contributed by atoms with Gasteiger partial charge in [0.05, 0.1) is 0 Å². The SMILES string of the molecule is CN=C(NCCc1cccc(Cl)c1)NCC1(c2ccccc2)CCOCC1. The van der Waals surface area contributed by atoms with Crippen molar-refractivity contribution in [2.45, 2.75) is 24.7 Å². The minimum atomic E-state index is 0.0874. The number of nitrogens with zero attached hydrogens (tertiary/aromatic N) is 1. The zero-order chi connectivity index (χ0) is 19.0. The molecule has 5 heteroatoms. The maximum atomic E-state index is 6.06. The van der Waals surface area contributed by atoms with Crippen LogP contribution in [-0.2, 0) is 16.6 Å². The van der Waals surface area contributed by atoms with Gasteiger partial charge >= 0.3 is 0 Å². The van der Waals surface area contributed by atoms with Gasteiger partial charge in [-0.25, -0.2) is 0 Å². The summed E-state index contributed by atoms with van der Waals surface area (Å²) in [6.45, 7) is 3.26.